The Bertz CT molecular complexity index is 1880. The molecule has 1 rings (SSSR count). The van der Waals surface area contributed by atoms with Gasteiger partial charge in [-0.05, 0) is 116 Å². The predicted octanol–water partition coefficient (Wildman–Crippen LogP) is 18.2. The highest BCUT2D eigenvalue weighted by Crippen LogP contribution is 2.26. The second-order valence-electron chi connectivity index (χ2n) is 23.9. The molecule has 0 aromatic carbocycles. The fourth-order valence-corrected chi connectivity index (χ4v) is 10.3. The number of unbranched alkanes of at least 4 members (excludes halogenated alkanes) is 27. The smallest absolute Gasteiger partial charge is 0.306 e. The lowest BCUT2D eigenvalue weighted by atomic mass is 9.99. The van der Waals surface area contributed by atoms with Gasteiger partial charge in [0.25, 0.3) is 0 Å². The van der Waals surface area contributed by atoms with Gasteiger partial charge in [0.2, 0.25) is 5.91 Å². The summed E-state index contributed by atoms with van der Waals surface area (Å²) in [6, 6.07) is -1.05. The summed E-state index contributed by atoms with van der Waals surface area (Å²) in [6.45, 7) is 5.64. The highest BCUT2D eigenvalue weighted by molar-refractivity contribution is 5.80. The second kappa shape index (κ2) is 62.3. The maximum atomic E-state index is 13.5. The number of amides is 1. The van der Waals surface area contributed by atoms with Crippen molar-refractivity contribution >= 4 is 11.9 Å². The van der Waals surface area contributed by atoms with E-state index in [4.69, 9.17) is 14.2 Å². The first-order valence-corrected chi connectivity index (χ1v) is 35.3. The van der Waals surface area contributed by atoms with Crippen LogP contribution in [0.1, 0.15) is 284 Å². The number of hydrogen-bond acceptors (Lipinski definition) is 10. The van der Waals surface area contributed by atoms with E-state index in [0.29, 0.717) is 12.8 Å². The SMILES string of the molecule is CC/C=C\C/C=C\C/C=C\C/C=C\C/C=C\CCCCCCCCCCCCCC(=O)OC1C(OCC(NC(=O)C(O)CCCC/C=C\C/C=C\C/C=C\C/C=C\CCCCC)C(O)/C=C/CCCCCCCCCCCCC)OC(CO)C(O)C1O. The van der Waals surface area contributed by atoms with E-state index in [0.717, 1.165) is 128 Å². The highest BCUT2D eigenvalue weighted by Gasteiger charge is 2.47. The van der Waals surface area contributed by atoms with Crippen molar-refractivity contribution in [1.29, 1.82) is 0 Å². The van der Waals surface area contributed by atoms with Crippen molar-refractivity contribution in [2.75, 3.05) is 13.2 Å². The van der Waals surface area contributed by atoms with Crippen molar-refractivity contribution < 1.29 is 49.3 Å². The van der Waals surface area contributed by atoms with Crippen LogP contribution in [0.2, 0.25) is 0 Å². The van der Waals surface area contributed by atoms with Crippen LogP contribution in [-0.4, -0.2) is 99.6 Å². The minimum atomic E-state index is -1.63. The molecule has 11 heteroatoms. The number of ether oxygens (including phenoxy) is 3. The van der Waals surface area contributed by atoms with Crippen LogP contribution < -0.4 is 5.32 Å². The van der Waals surface area contributed by atoms with Gasteiger partial charge in [-0.3, -0.25) is 9.59 Å². The van der Waals surface area contributed by atoms with Crippen LogP contribution in [0.3, 0.4) is 0 Å². The maximum Gasteiger partial charge on any atom is 0.306 e. The molecule has 0 aromatic rings. The largest absolute Gasteiger partial charge is 0.454 e. The molecule has 6 N–H and O–H groups in total. The van der Waals surface area contributed by atoms with E-state index in [2.05, 4.69) is 135 Å². The molecule has 1 aliphatic rings. The third-order valence-corrected chi connectivity index (χ3v) is 15.8. The minimum absolute atomic E-state index is 0.109. The summed E-state index contributed by atoms with van der Waals surface area (Å²) in [5.74, 6) is -1.23. The number of carbonyl (C=O) groups is 2. The molecule has 1 heterocycles. The van der Waals surface area contributed by atoms with E-state index in [1.54, 1.807) is 6.08 Å². The number of esters is 1. The molecule has 498 valence electrons. The lowest BCUT2D eigenvalue weighted by molar-refractivity contribution is -0.305. The van der Waals surface area contributed by atoms with Crippen molar-refractivity contribution in [2.24, 2.45) is 0 Å². The van der Waals surface area contributed by atoms with Gasteiger partial charge in [0.05, 0.1) is 25.4 Å². The van der Waals surface area contributed by atoms with Gasteiger partial charge in [-0.2, -0.15) is 0 Å². The number of aliphatic hydroxyl groups is 5. The predicted molar refractivity (Wildman–Crippen MR) is 365 cm³/mol. The summed E-state index contributed by atoms with van der Waals surface area (Å²) in [7, 11) is 0. The topological polar surface area (TPSA) is 175 Å². The first-order valence-electron chi connectivity index (χ1n) is 35.3. The van der Waals surface area contributed by atoms with Crippen LogP contribution in [-0.2, 0) is 23.8 Å². The first kappa shape index (κ1) is 81.1. The fourth-order valence-electron chi connectivity index (χ4n) is 10.3. The van der Waals surface area contributed by atoms with Gasteiger partial charge in [-0.25, -0.2) is 0 Å². The number of rotatable bonds is 59. The molecular weight excluding hydrogens is 1090 g/mol. The van der Waals surface area contributed by atoms with Crippen LogP contribution >= 0.6 is 0 Å². The molecule has 0 spiro atoms. The molecule has 0 saturated carbocycles. The molecule has 1 saturated heterocycles. The Morgan fingerprint density at radius 1 is 0.460 bits per heavy atom. The number of carbonyl (C=O) groups excluding carboxylic acids is 2. The zero-order valence-electron chi connectivity index (χ0n) is 55.3. The van der Waals surface area contributed by atoms with Crippen molar-refractivity contribution in [1.82, 2.24) is 5.32 Å². The van der Waals surface area contributed by atoms with Gasteiger partial charge < -0.3 is 45.1 Å². The average Bonchev–Trinajstić information content (AvgIpc) is 2.51. The number of allylic oxidation sites excluding steroid dienone is 19. The van der Waals surface area contributed by atoms with Crippen LogP contribution in [0.5, 0.6) is 0 Å². The summed E-state index contributed by atoms with van der Waals surface area (Å²) in [4.78, 5) is 26.7. The standard InChI is InChI=1S/C76H129NO10/c1-4-7-10-13-16-19-22-25-27-29-31-32-33-34-35-36-37-38-39-41-43-46-49-52-55-58-61-64-71(81)87-74-73(83)72(82)70(65-78)86-76(74)85-66-67(68(79)62-59-56-53-50-47-44-24-21-18-15-12-9-6-3)77-75(84)69(80)63-60-57-54-51-48-45-42-40-30-28-26-23-20-17-14-11-8-5-2/h7,10,16-17,19-20,25-28,31-32,34-35,40,42,48,51,59,62,67-70,72-74,76,78-80,82-83H,4-6,8-9,11-15,18,21-24,29-30,33,36-39,41,43-47,49-50,52-58,60-61,63-66H2,1-3H3,(H,77,84)/b10-7-,19-16-,20-17-,27-25-,28-26-,32-31-,35-34-,42-40-,51-48-,62-59+. The monoisotopic (exact) mass is 1220 g/mol. The molecule has 1 fully saturated rings. The van der Waals surface area contributed by atoms with E-state index in [1.807, 2.05) is 6.08 Å². The van der Waals surface area contributed by atoms with Crippen molar-refractivity contribution in [3.63, 3.8) is 0 Å². The number of aliphatic hydroxyl groups excluding tert-OH is 5. The van der Waals surface area contributed by atoms with E-state index in [-0.39, 0.29) is 19.4 Å². The van der Waals surface area contributed by atoms with Gasteiger partial charge in [0.1, 0.15) is 24.4 Å². The highest BCUT2D eigenvalue weighted by atomic mass is 16.7. The van der Waals surface area contributed by atoms with Gasteiger partial charge in [0, 0.05) is 6.42 Å². The van der Waals surface area contributed by atoms with Gasteiger partial charge >= 0.3 is 5.97 Å². The average molecular weight is 1220 g/mol. The van der Waals surface area contributed by atoms with Crippen LogP contribution in [0.25, 0.3) is 0 Å². The molecule has 1 amide bonds. The van der Waals surface area contributed by atoms with E-state index >= 15 is 0 Å². The minimum Gasteiger partial charge on any atom is -0.454 e. The molecule has 0 radical (unpaired) electrons. The molecule has 8 atom stereocenters. The number of nitrogens with one attached hydrogen (secondary N) is 1. The molecule has 0 aromatic heterocycles. The first-order chi connectivity index (χ1) is 42.7. The van der Waals surface area contributed by atoms with Crippen LogP contribution in [0.15, 0.2) is 122 Å². The Morgan fingerprint density at radius 3 is 1.26 bits per heavy atom. The summed E-state index contributed by atoms with van der Waals surface area (Å²) < 4.78 is 17.7. The van der Waals surface area contributed by atoms with Crippen molar-refractivity contribution in [2.45, 2.75) is 333 Å². The Kier molecular flexibility index (Phi) is 58.0. The maximum absolute atomic E-state index is 13.5. The quantitative estimate of drug-likeness (QED) is 0.0195. The molecule has 0 aliphatic carbocycles. The molecule has 11 nitrogen and oxygen atoms in total. The van der Waals surface area contributed by atoms with Crippen molar-refractivity contribution in [3.8, 4) is 0 Å². The van der Waals surface area contributed by atoms with E-state index in [1.165, 1.54) is 109 Å². The van der Waals surface area contributed by atoms with Crippen molar-refractivity contribution in [3.05, 3.63) is 122 Å². The third kappa shape index (κ3) is 49.5. The molecule has 87 heavy (non-hydrogen) atoms. The summed E-state index contributed by atoms with van der Waals surface area (Å²) in [6.07, 6.45) is 76.6. The molecule has 1 aliphatic heterocycles. The lowest BCUT2D eigenvalue weighted by Gasteiger charge is -2.41. The molecule has 8 unspecified atom stereocenters. The van der Waals surface area contributed by atoms with E-state index < -0.39 is 67.4 Å². The number of hydrogen-bond donors (Lipinski definition) is 6. The Labute approximate surface area is 531 Å². The zero-order valence-corrected chi connectivity index (χ0v) is 55.3. The van der Waals surface area contributed by atoms with Crippen LogP contribution in [0, 0.1) is 0 Å². The summed E-state index contributed by atoms with van der Waals surface area (Å²) in [5.41, 5.74) is 0. The Balaban J connectivity index is 2.61. The van der Waals surface area contributed by atoms with E-state index in [9.17, 15) is 35.1 Å². The summed E-state index contributed by atoms with van der Waals surface area (Å²) in [5, 5.41) is 57.2. The zero-order chi connectivity index (χ0) is 63.1. The second-order valence-corrected chi connectivity index (χ2v) is 23.9. The fraction of sp³-hybridized carbons (Fsp3) is 0.711. The third-order valence-electron chi connectivity index (χ3n) is 15.8. The summed E-state index contributed by atoms with van der Waals surface area (Å²) >= 11 is 0. The van der Waals surface area contributed by atoms with Gasteiger partial charge in [-0.15, -0.1) is 0 Å². The van der Waals surface area contributed by atoms with Crippen LogP contribution in [0.4, 0.5) is 0 Å². The van der Waals surface area contributed by atoms with Gasteiger partial charge in [0.15, 0.2) is 12.4 Å². The Hall–Kier alpha value is -3.94. The molecular formula is C76H129NO10. The van der Waals surface area contributed by atoms with Gasteiger partial charge in [-0.1, -0.05) is 284 Å². The Morgan fingerprint density at radius 2 is 0.828 bits per heavy atom. The lowest BCUT2D eigenvalue weighted by Crippen LogP contribution is -2.61. The molecule has 0 bridgehead atoms. The normalized spacial score (nSPS) is 19.0.